The Morgan fingerprint density at radius 1 is 1.00 bits per heavy atom. The van der Waals surface area contributed by atoms with E-state index in [2.05, 4.69) is 43.3 Å². The number of urea groups is 1. The number of hydrogen-bond donors (Lipinski definition) is 0. The summed E-state index contributed by atoms with van der Waals surface area (Å²) in [6.45, 7) is 3.92. The van der Waals surface area contributed by atoms with Crippen LogP contribution >= 0.6 is 0 Å². The summed E-state index contributed by atoms with van der Waals surface area (Å²) in [5, 5.41) is 0. The molecule has 0 N–H and O–H groups in total. The van der Waals surface area contributed by atoms with E-state index in [1.54, 1.807) is 0 Å². The van der Waals surface area contributed by atoms with E-state index in [9.17, 15) is 4.79 Å². The highest BCUT2D eigenvalue weighted by molar-refractivity contribution is 5.75. The molecule has 2 amide bonds. The summed E-state index contributed by atoms with van der Waals surface area (Å²) in [5.41, 5.74) is 2.04. The highest BCUT2D eigenvalue weighted by atomic mass is 16.2. The van der Waals surface area contributed by atoms with E-state index in [1.165, 1.54) is 11.1 Å². The number of benzene rings is 2. The maximum absolute atomic E-state index is 13.0. The van der Waals surface area contributed by atoms with Crippen LogP contribution in [0.3, 0.4) is 0 Å². The van der Waals surface area contributed by atoms with Crippen molar-refractivity contribution < 1.29 is 4.79 Å². The van der Waals surface area contributed by atoms with Gasteiger partial charge in [-0.05, 0) is 37.3 Å². The number of nitrogens with zero attached hydrogens (tertiary/aromatic N) is 2. The Morgan fingerprint density at radius 2 is 1.54 bits per heavy atom. The van der Waals surface area contributed by atoms with Gasteiger partial charge in [-0.3, -0.25) is 0 Å². The molecule has 0 radical (unpaired) electrons. The van der Waals surface area contributed by atoms with Gasteiger partial charge in [0.05, 0.1) is 5.54 Å². The zero-order valence-electron chi connectivity index (χ0n) is 14.6. The molecule has 0 spiro atoms. The van der Waals surface area contributed by atoms with Crippen LogP contribution in [0.2, 0.25) is 0 Å². The van der Waals surface area contributed by atoms with Crippen molar-refractivity contribution in [1.29, 1.82) is 0 Å². The fourth-order valence-corrected chi connectivity index (χ4v) is 3.54. The van der Waals surface area contributed by atoms with Crippen LogP contribution in [0.1, 0.15) is 30.9 Å². The van der Waals surface area contributed by atoms with Gasteiger partial charge in [0.15, 0.2) is 0 Å². The minimum atomic E-state index is -0.373. The molecular weight excluding hydrogens is 296 g/mol. The third-order valence-corrected chi connectivity index (χ3v) is 5.19. The van der Waals surface area contributed by atoms with Crippen molar-refractivity contribution in [2.24, 2.45) is 0 Å². The maximum Gasteiger partial charge on any atom is 0.320 e. The Hall–Kier alpha value is -2.29. The van der Waals surface area contributed by atoms with Crippen molar-refractivity contribution in [2.75, 3.05) is 20.1 Å². The number of carbonyl (C=O) groups excluding carboxylic acids is 1. The molecule has 24 heavy (non-hydrogen) atoms. The molecule has 126 valence electrons. The van der Waals surface area contributed by atoms with E-state index in [0.717, 1.165) is 32.4 Å². The van der Waals surface area contributed by atoms with Crippen LogP contribution in [0.5, 0.6) is 0 Å². The van der Waals surface area contributed by atoms with Crippen molar-refractivity contribution in [3.05, 3.63) is 71.8 Å². The average molecular weight is 322 g/mol. The fraction of sp³-hybridized carbons (Fsp3) is 0.381. The van der Waals surface area contributed by atoms with Gasteiger partial charge in [0, 0.05) is 20.1 Å². The molecule has 1 fully saturated rings. The van der Waals surface area contributed by atoms with E-state index in [4.69, 9.17) is 0 Å². The number of carbonyl (C=O) groups is 1. The highest BCUT2D eigenvalue weighted by Gasteiger charge is 2.37. The SMILES string of the molecule is CN(C(=O)N1CCCC1)C(C)(Cc1ccccc1)c1ccccc1. The van der Waals surface area contributed by atoms with Crippen molar-refractivity contribution >= 4 is 6.03 Å². The molecule has 3 rings (SSSR count). The molecule has 2 aromatic rings. The van der Waals surface area contributed by atoms with Crippen LogP contribution in [-0.4, -0.2) is 36.0 Å². The Kier molecular flexibility index (Phi) is 4.89. The van der Waals surface area contributed by atoms with Gasteiger partial charge in [-0.1, -0.05) is 60.7 Å². The molecule has 0 saturated carbocycles. The lowest BCUT2D eigenvalue weighted by Crippen LogP contribution is -2.51. The van der Waals surface area contributed by atoms with E-state index >= 15 is 0 Å². The third-order valence-electron chi connectivity index (χ3n) is 5.19. The summed E-state index contributed by atoms with van der Waals surface area (Å²) in [4.78, 5) is 16.9. The molecule has 1 aliphatic heterocycles. The number of rotatable bonds is 4. The number of likely N-dealkylation sites (N-methyl/N-ethyl adjacent to an activating group) is 1. The molecule has 0 aromatic heterocycles. The van der Waals surface area contributed by atoms with Gasteiger partial charge in [-0.15, -0.1) is 0 Å². The summed E-state index contributed by atoms with van der Waals surface area (Å²) in [7, 11) is 1.94. The molecule has 0 aliphatic carbocycles. The van der Waals surface area contributed by atoms with Gasteiger partial charge in [0.1, 0.15) is 0 Å². The zero-order chi connectivity index (χ0) is 17.0. The zero-order valence-corrected chi connectivity index (χ0v) is 14.6. The molecule has 1 aliphatic rings. The van der Waals surface area contributed by atoms with Gasteiger partial charge >= 0.3 is 6.03 Å². The standard InChI is InChI=1S/C21H26N2O/c1-21(19-13-7-4-8-14-19,17-18-11-5-3-6-12-18)22(2)20(24)23-15-9-10-16-23/h3-8,11-14H,9-10,15-17H2,1-2H3. The predicted molar refractivity (Wildman–Crippen MR) is 97.9 cm³/mol. The number of amides is 2. The lowest BCUT2D eigenvalue weighted by atomic mass is 9.84. The van der Waals surface area contributed by atoms with E-state index in [0.29, 0.717) is 0 Å². The Morgan fingerprint density at radius 3 is 2.12 bits per heavy atom. The Bertz CT molecular complexity index is 665. The van der Waals surface area contributed by atoms with Gasteiger partial charge in [0.2, 0.25) is 0 Å². The van der Waals surface area contributed by atoms with Crippen molar-refractivity contribution in [3.8, 4) is 0 Å². The molecule has 1 unspecified atom stereocenters. The van der Waals surface area contributed by atoms with Gasteiger partial charge in [-0.25, -0.2) is 4.79 Å². The predicted octanol–water partition coefficient (Wildman–Crippen LogP) is 4.29. The summed E-state index contributed by atoms with van der Waals surface area (Å²) >= 11 is 0. The van der Waals surface area contributed by atoms with Crippen LogP contribution in [0, 0.1) is 0 Å². The number of hydrogen-bond acceptors (Lipinski definition) is 1. The van der Waals surface area contributed by atoms with Crippen molar-refractivity contribution in [3.63, 3.8) is 0 Å². The molecule has 1 heterocycles. The first-order chi connectivity index (χ1) is 11.6. The largest absolute Gasteiger partial charge is 0.325 e. The smallest absolute Gasteiger partial charge is 0.320 e. The van der Waals surface area contributed by atoms with Crippen LogP contribution in [0.4, 0.5) is 4.79 Å². The lowest BCUT2D eigenvalue weighted by molar-refractivity contribution is 0.116. The second-order valence-corrected chi connectivity index (χ2v) is 6.84. The molecular formula is C21H26N2O. The minimum Gasteiger partial charge on any atom is -0.325 e. The van der Waals surface area contributed by atoms with E-state index in [1.807, 2.05) is 41.1 Å². The second-order valence-electron chi connectivity index (χ2n) is 6.84. The summed E-state index contributed by atoms with van der Waals surface area (Å²) in [5.74, 6) is 0. The van der Waals surface area contributed by atoms with Crippen LogP contribution < -0.4 is 0 Å². The van der Waals surface area contributed by atoms with Gasteiger partial charge in [-0.2, -0.15) is 0 Å². The highest BCUT2D eigenvalue weighted by Crippen LogP contribution is 2.32. The van der Waals surface area contributed by atoms with Crippen LogP contribution in [0.25, 0.3) is 0 Å². The maximum atomic E-state index is 13.0. The summed E-state index contributed by atoms with van der Waals surface area (Å²) < 4.78 is 0. The molecule has 2 aromatic carbocycles. The van der Waals surface area contributed by atoms with Crippen LogP contribution in [0.15, 0.2) is 60.7 Å². The monoisotopic (exact) mass is 322 g/mol. The summed E-state index contributed by atoms with van der Waals surface area (Å²) in [6.07, 6.45) is 3.02. The number of likely N-dealkylation sites (tertiary alicyclic amines) is 1. The minimum absolute atomic E-state index is 0.134. The Labute approximate surface area is 144 Å². The molecule has 3 heteroatoms. The second kappa shape index (κ2) is 7.08. The average Bonchev–Trinajstić information content (AvgIpc) is 3.16. The fourth-order valence-electron chi connectivity index (χ4n) is 3.54. The van der Waals surface area contributed by atoms with Crippen LogP contribution in [-0.2, 0) is 12.0 Å². The van der Waals surface area contributed by atoms with Crippen molar-refractivity contribution in [1.82, 2.24) is 9.80 Å². The first-order valence-corrected chi connectivity index (χ1v) is 8.73. The van der Waals surface area contributed by atoms with Crippen molar-refractivity contribution in [2.45, 2.75) is 31.7 Å². The summed E-state index contributed by atoms with van der Waals surface area (Å²) in [6, 6.07) is 20.9. The molecule has 0 bridgehead atoms. The van der Waals surface area contributed by atoms with E-state index < -0.39 is 0 Å². The normalized spacial score (nSPS) is 16.7. The topological polar surface area (TPSA) is 23.6 Å². The quantitative estimate of drug-likeness (QED) is 0.823. The Balaban J connectivity index is 1.93. The first-order valence-electron chi connectivity index (χ1n) is 8.73. The first kappa shape index (κ1) is 16.6. The third kappa shape index (κ3) is 3.30. The van der Waals surface area contributed by atoms with E-state index in [-0.39, 0.29) is 11.6 Å². The van der Waals surface area contributed by atoms with Gasteiger partial charge in [0.25, 0.3) is 0 Å². The lowest BCUT2D eigenvalue weighted by Gasteiger charge is -2.41. The molecule has 1 atom stereocenters. The molecule has 1 saturated heterocycles. The molecule has 3 nitrogen and oxygen atoms in total. The van der Waals surface area contributed by atoms with Gasteiger partial charge < -0.3 is 9.80 Å².